The average molecular weight is 322 g/mol. The highest BCUT2D eigenvalue weighted by Gasteiger charge is 2.26. The van der Waals surface area contributed by atoms with E-state index in [0.717, 1.165) is 0 Å². The van der Waals surface area contributed by atoms with E-state index in [-0.39, 0.29) is 29.0 Å². The molecule has 1 aromatic rings. The van der Waals surface area contributed by atoms with Crippen molar-refractivity contribution in [1.29, 1.82) is 0 Å². The second-order valence-electron chi connectivity index (χ2n) is 6.60. The average Bonchev–Trinajstić information content (AvgIpc) is 2.42. The number of hydrogen-bond acceptors (Lipinski definition) is 4. The van der Waals surface area contributed by atoms with E-state index in [9.17, 15) is 9.59 Å². The van der Waals surface area contributed by atoms with E-state index in [1.165, 1.54) is 0 Å². The van der Waals surface area contributed by atoms with Crippen molar-refractivity contribution in [2.24, 2.45) is 5.92 Å². The van der Waals surface area contributed by atoms with Gasteiger partial charge >= 0.3 is 5.97 Å². The van der Waals surface area contributed by atoms with Crippen molar-refractivity contribution < 1.29 is 14.3 Å². The number of ketones is 1. The number of benzene rings is 1. The van der Waals surface area contributed by atoms with Crippen LogP contribution in [0.3, 0.4) is 0 Å². The van der Waals surface area contributed by atoms with Crippen molar-refractivity contribution in [1.82, 2.24) is 0 Å². The number of esters is 1. The van der Waals surface area contributed by atoms with Gasteiger partial charge in [0.2, 0.25) is 0 Å². The fraction of sp³-hybridized carbons (Fsp3) is 0.556. The molecule has 0 spiro atoms. The molecular weight excluding hydrogens is 296 g/mol. The smallest absolute Gasteiger partial charge is 0.310 e. The number of hydrogen-bond donors (Lipinski definition) is 0. The predicted molar refractivity (Wildman–Crippen MR) is 92.3 cm³/mol. The molecule has 0 N–H and O–H groups in total. The molecule has 0 amide bonds. The Kier molecular flexibility index (Phi) is 7.14. The molecule has 0 aliphatic heterocycles. The Morgan fingerprint density at radius 2 is 1.73 bits per heavy atom. The first kappa shape index (κ1) is 18.8. The van der Waals surface area contributed by atoms with Crippen LogP contribution in [0, 0.1) is 5.92 Å². The first-order chi connectivity index (χ1) is 10.2. The van der Waals surface area contributed by atoms with Crippen molar-refractivity contribution in [3.8, 4) is 0 Å². The summed E-state index contributed by atoms with van der Waals surface area (Å²) in [5, 5.41) is 0. The van der Waals surface area contributed by atoms with Crippen LogP contribution < -0.4 is 0 Å². The van der Waals surface area contributed by atoms with Crippen molar-refractivity contribution in [2.75, 3.05) is 5.75 Å². The summed E-state index contributed by atoms with van der Waals surface area (Å²) in [5.74, 6) is -0.107. The van der Waals surface area contributed by atoms with Crippen LogP contribution in [0.15, 0.2) is 30.3 Å². The standard InChI is InChI=1S/C18H26O3S/c1-13(2)21-17(20)15(12-22-18(3,4)5)11-16(19)14-9-7-6-8-10-14/h6-10,13,15H,11-12H2,1-5H3/t15-/m0/s1. The molecule has 0 saturated heterocycles. The molecular formula is C18H26O3S. The molecule has 1 atom stereocenters. The molecule has 0 unspecified atom stereocenters. The summed E-state index contributed by atoms with van der Waals surface area (Å²) in [6, 6.07) is 9.10. The van der Waals surface area contributed by atoms with Crippen molar-refractivity contribution in [3.63, 3.8) is 0 Å². The Labute approximate surface area is 137 Å². The summed E-state index contributed by atoms with van der Waals surface area (Å²) in [6.07, 6.45) is 0.0278. The van der Waals surface area contributed by atoms with Crippen LogP contribution in [-0.4, -0.2) is 28.4 Å². The minimum Gasteiger partial charge on any atom is -0.463 e. The van der Waals surface area contributed by atoms with E-state index in [0.29, 0.717) is 11.3 Å². The first-order valence-corrected chi connectivity index (χ1v) is 8.60. The summed E-state index contributed by atoms with van der Waals surface area (Å²) in [6.45, 7) is 9.94. The number of ether oxygens (including phenoxy) is 1. The van der Waals surface area contributed by atoms with Crippen LogP contribution in [-0.2, 0) is 9.53 Å². The lowest BCUT2D eigenvalue weighted by atomic mass is 10.00. The Morgan fingerprint density at radius 3 is 2.23 bits per heavy atom. The zero-order valence-corrected chi connectivity index (χ0v) is 14.9. The van der Waals surface area contributed by atoms with E-state index in [2.05, 4.69) is 20.8 Å². The van der Waals surface area contributed by atoms with Gasteiger partial charge in [0.1, 0.15) is 0 Å². The summed E-state index contributed by atoms with van der Waals surface area (Å²) in [4.78, 5) is 24.6. The molecule has 0 aliphatic carbocycles. The van der Waals surface area contributed by atoms with Crippen LogP contribution >= 0.6 is 11.8 Å². The zero-order chi connectivity index (χ0) is 16.8. The molecule has 122 valence electrons. The van der Waals surface area contributed by atoms with E-state index in [1.807, 2.05) is 32.0 Å². The van der Waals surface area contributed by atoms with Crippen molar-refractivity contribution in [3.05, 3.63) is 35.9 Å². The Hall–Kier alpha value is -1.29. The second-order valence-corrected chi connectivity index (χ2v) is 8.45. The maximum atomic E-state index is 12.4. The van der Waals surface area contributed by atoms with Crippen LogP contribution in [0.4, 0.5) is 0 Å². The highest BCUT2D eigenvalue weighted by Crippen LogP contribution is 2.28. The SMILES string of the molecule is CC(C)OC(=O)[C@H](CSC(C)(C)C)CC(=O)c1ccccc1. The molecule has 22 heavy (non-hydrogen) atoms. The monoisotopic (exact) mass is 322 g/mol. The van der Waals surface area contributed by atoms with Gasteiger partial charge in [-0.1, -0.05) is 51.1 Å². The molecule has 0 aromatic heterocycles. The minimum absolute atomic E-state index is 0.0131. The summed E-state index contributed by atoms with van der Waals surface area (Å²) in [5.41, 5.74) is 0.644. The normalized spacial score (nSPS) is 13.0. The van der Waals surface area contributed by atoms with Gasteiger partial charge in [0.15, 0.2) is 5.78 Å². The first-order valence-electron chi connectivity index (χ1n) is 7.61. The Morgan fingerprint density at radius 1 is 1.14 bits per heavy atom. The maximum absolute atomic E-state index is 12.4. The summed E-state index contributed by atoms with van der Waals surface area (Å²) >= 11 is 1.68. The van der Waals surface area contributed by atoms with Gasteiger partial charge in [0, 0.05) is 22.5 Å². The van der Waals surface area contributed by atoms with Crippen LogP contribution in [0.1, 0.15) is 51.4 Å². The lowest BCUT2D eigenvalue weighted by molar-refractivity contribution is -0.151. The van der Waals surface area contributed by atoms with Gasteiger partial charge < -0.3 is 4.74 Å². The van der Waals surface area contributed by atoms with Gasteiger partial charge in [-0.3, -0.25) is 9.59 Å². The molecule has 3 nitrogen and oxygen atoms in total. The second kappa shape index (κ2) is 8.37. The molecule has 0 bridgehead atoms. The van der Waals surface area contributed by atoms with Crippen LogP contribution in [0.5, 0.6) is 0 Å². The molecule has 0 saturated carbocycles. The largest absolute Gasteiger partial charge is 0.463 e. The Balaban J connectivity index is 2.76. The lowest BCUT2D eigenvalue weighted by Gasteiger charge is -2.22. The van der Waals surface area contributed by atoms with E-state index >= 15 is 0 Å². The van der Waals surface area contributed by atoms with Crippen LogP contribution in [0.2, 0.25) is 0 Å². The van der Waals surface area contributed by atoms with Crippen molar-refractivity contribution in [2.45, 2.75) is 51.9 Å². The molecule has 0 fully saturated rings. The third-order valence-corrected chi connectivity index (χ3v) is 4.37. The lowest BCUT2D eigenvalue weighted by Crippen LogP contribution is -2.27. The third-order valence-electron chi connectivity index (χ3n) is 2.93. The van der Waals surface area contributed by atoms with E-state index < -0.39 is 5.92 Å². The van der Waals surface area contributed by atoms with E-state index in [4.69, 9.17) is 4.74 Å². The van der Waals surface area contributed by atoms with Gasteiger partial charge in [-0.05, 0) is 13.8 Å². The van der Waals surface area contributed by atoms with Gasteiger partial charge in [-0.2, -0.15) is 11.8 Å². The highest BCUT2D eigenvalue weighted by atomic mass is 32.2. The minimum atomic E-state index is -0.403. The molecule has 1 rings (SSSR count). The van der Waals surface area contributed by atoms with E-state index in [1.54, 1.807) is 23.9 Å². The number of carbonyl (C=O) groups is 2. The molecule has 0 heterocycles. The third kappa shape index (κ3) is 7.12. The van der Waals surface area contributed by atoms with Gasteiger partial charge in [0.25, 0.3) is 0 Å². The summed E-state index contributed by atoms with van der Waals surface area (Å²) < 4.78 is 5.36. The zero-order valence-electron chi connectivity index (χ0n) is 14.1. The number of Topliss-reactive ketones (excluding diaryl/α,β-unsaturated/α-hetero) is 1. The van der Waals surface area contributed by atoms with Gasteiger partial charge in [-0.15, -0.1) is 0 Å². The molecule has 0 aliphatic rings. The van der Waals surface area contributed by atoms with Gasteiger partial charge in [0.05, 0.1) is 12.0 Å². The fourth-order valence-corrected chi connectivity index (χ4v) is 2.81. The van der Waals surface area contributed by atoms with Crippen molar-refractivity contribution >= 4 is 23.5 Å². The van der Waals surface area contributed by atoms with Gasteiger partial charge in [-0.25, -0.2) is 0 Å². The maximum Gasteiger partial charge on any atom is 0.310 e. The number of carbonyl (C=O) groups excluding carboxylic acids is 2. The number of rotatable bonds is 7. The fourth-order valence-electron chi connectivity index (χ4n) is 1.86. The predicted octanol–water partition coefficient (Wildman–Crippen LogP) is 4.36. The molecule has 4 heteroatoms. The highest BCUT2D eigenvalue weighted by molar-refractivity contribution is 8.00. The van der Waals surface area contributed by atoms with Crippen LogP contribution in [0.25, 0.3) is 0 Å². The molecule has 1 aromatic carbocycles. The molecule has 0 radical (unpaired) electrons. The quantitative estimate of drug-likeness (QED) is 0.552. The summed E-state index contributed by atoms with van der Waals surface area (Å²) in [7, 11) is 0. The number of thioether (sulfide) groups is 1. The topological polar surface area (TPSA) is 43.4 Å². The Bertz CT molecular complexity index is 489.